The van der Waals surface area contributed by atoms with Crippen LogP contribution in [0.25, 0.3) is 10.9 Å². The first-order valence-electron chi connectivity index (χ1n) is 8.55. The number of carbonyl (C=O) groups is 2. The number of methoxy groups -OCH3 is 1. The number of hydrogen-bond acceptors (Lipinski definition) is 6. The van der Waals surface area contributed by atoms with Gasteiger partial charge in [0.2, 0.25) is 0 Å². The first kappa shape index (κ1) is 18.4. The lowest BCUT2D eigenvalue weighted by molar-refractivity contribution is 0.0525. The molecule has 0 aliphatic heterocycles. The summed E-state index contributed by atoms with van der Waals surface area (Å²) in [6, 6.07) is 14.2. The SMILES string of the molecule is CCOC(=O)c1ccc2nc(C)cc(Nc3cccc(C(=O)OC)c3)c2c1. The fourth-order valence-corrected chi connectivity index (χ4v) is 2.80. The Morgan fingerprint density at radius 1 is 1.04 bits per heavy atom. The molecule has 138 valence electrons. The molecule has 27 heavy (non-hydrogen) atoms. The third kappa shape index (κ3) is 4.06. The number of rotatable bonds is 5. The van der Waals surface area contributed by atoms with Crippen molar-refractivity contribution in [1.29, 1.82) is 0 Å². The van der Waals surface area contributed by atoms with Crippen molar-refractivity contribution >= 4 is 34.2 Å². The molecule has 0 unspecified atom stereocenters. The number of nitrogens with zero attached hydrogens (tertiary/aromatic N) is 1. The lowest BCUT2D eigenvalue weighted by atomic mass is 10.1. The minimum Gasteiger partial charge on any atom is -0.465 e. The summed E-state index contributed by atoms with van der Waals surface area (Å²) in [6.45, 7) is 3.98. The summed E-state index contributed by atoms with van der Waals surface area (Å²) in [4.78, 5) is 28.3. The smallest absolute Gasteiger partial charge is 0.338 e. The third-order valence-corrected chi connectivity index (χ3v) is 4.01. The number of esters is 2. The minimum absolute atomic E-state index is 0.314. The number of aryl methyl sites for hydroxylation is 1. The van der Waals surface area contributed by atoms with Gasteiger partial charge in [0.25, 0.3) is 0 Å². The number of anilines is 2. The molecule has 0 saturated heterocycles. The maximum atomic E-state index is 12.1. The molecule has 0 spiro atoms. The summed E-state index contributed by atoms with van der Waals surface area (Å²) in [5, 5.41) is 4.09. The molecule has 6 nitrogen and oxygen atoms in total. The third-order valence-electron chi connectivity index (χ3n) is 4.01. The van der Waals surface area contributed by atoms with Crippen molar-refractivity contribution in [1.82, 2.24) is 4.98 Å². The Morgan fingerprint density at radius 2 is 1.81 bits per heavy atom. The second-order valence-electron chi connectivity index (χ2n) is 5.96. The average molecular weight is 364 g/mol. The standard InChI is InChI=1S/C21H20N2O4/c1-4-27-21(25)15-8-9-18-17(12-15)19(10-13(2)22-18)23-16-7-5-6-14(11-16)20(24)26-3/h5-12H,4H2,1-3H3,(H,22,23). The van der Waals surface area contributed by atoms with Gasteiger partial charge in [-0.1, -0.05) is 6.07 Å². The van der Waals surface area contributed by atoms with Gasteiger partial charge in [0.1, 0.15) is 0 Å². The van der Waals surface area contributed by atoms with E-state index in [1.165, 1.54) is 7.11 Å². The molecule has 0 radical (unpaired) electrons. The van der Waals surface area contributed by atoms with Crippen LogP contribution in [-0.4, -0.2) is 30.6 Å². The molecular weight excluding hydrogens is 344 g/mol. The quantitative estimate of drug-likeness (QED) is 0.682. The molecule has 0 atom stereocenters. The van der Waals surface area contributed by atoms with E-state index in [-0.39, 0.29) is 5.97 Å². The molecule has 0 bridgehead atoms. The highest BCUT2D eigenvalue weighted by molar-refractivity contribution is 6.00. The fourth-order valence-electron chi connectivity index (χ4n) is 2.80. The Hall–Kier alpha value is -3.41. The van der Waals surface area contributed by atoms with Crippen LogP contribution in [0, 0.1) is 6.92 Å². The number of nitrogens with one attached hydrogen (secondary N) is 1. The molecular formula is C21H20N2O4. The molecule has 2 aromatic carbocycles. The molecule has 1 N–H and O–H groups in total. The van der Waals surface area contributed by atoms with Gasteiger partial charge in [0.15, 0.2) is 0 Å². The molecule has 0 saturated carbocycles. The summed E-state index contributed by atoms with van der Waals surface area (Å²) in [7, 11) is 1.35. The van der Waals surface area contributed by atoms with Crippen LogP contribution in [0.1, 0.15) is 33.3 Å². The van der Waals surface area contributed by atoms with Crippen LogP contribution in [0.5, 0.6) is 0 Å². The van der Waals surface area contributed by atoms with Crippen molar-refractivity contribution < 1.29 is 19.1 Å². The molecule has 0 fully saturated rings. The Balaban J connectivity index is 2.03. The number of aromatic nitrogens is 1. The predicted octanol–water partition coefficient (Wildman–Crippen LogP) is 4.25. The van der Waals surface area contributed by atoms with Gasteiger partial charge in [-0.2, -0.15) is 0 Å². The van der Waals surface area contributed by atoms with Gasteiger partial charge in [-0.3, -0.25) is 4.98 Å². The van der Waals surface area contributed by atoms with Gasteiger partial charge in [0, 0.05) is 22.5 Å². The van der Waals surface area contributed by atoms with E-state index < -0.39 is 5.97 Å². The van der Waals surface area contributed by atoms with E-state index >= 15 is 0 Å². The van der Waals surface area contributed by atoms with Crippen LogP contribution in [0.4, 0.5) is 11.4 Å². The highest BCUT2D eigenvalue weighted by Crippen LogP contribution is 2.28. The number of benzene rings is 2. The number of pyridine rings is 1. The second-order valence-corrected chi connectivity index (χ2v) is 5.96. The molecule has 1 aromatic heterocycles. The first-order valence-corrected chi connectivity index (χ1v) is 8.55. The van der Waals surface area contributed by atoms with E-state index in [0.717, 1.165) is 28.0 Å². The molecule has 1 heterocycles. The van der Waals surface area contributed by atoms with E-state index in [0.29, 0.717) is 17.7 Å². The molecule has 0 aliphatic rings. The monoisotopic (exact) mass is 364 g/mol. The summed E-state index contributed by atoms with van der Waals surface area (Å²) >= 11 is 0. The van der Waals surface area contributed by atoms with E-state index in [4.69, 9.17) is 9.47 Å². The number of ether oxygens (including phenoxy) is 2. The average Bonchev–Trinajstić information content (AvgIpc) is 2.67. The largest absolute Gasteiger partial charge is 0.465 e. The van der Waals surface area contributed by atoms with Crippen LogP contribution in [-0.2, 0) is 9.47 Å². The van der Waals surface area contributed by atoms with E-state index in [9.17, 15) is 9.59 Å². The molecule has 3 rings (SSSR count). The molecule has 6 heteroatoms. The summed E-state index contributed by atoms with van der Waals surface area (Å²) in [5.74, 6) is -0.780. The second kappa shape index (κ2) is 7.86. The minimum atomic E-state index is -0.404. The Kier molecular flexibility index (Phi) is 5.35. The lowest BCUT2D eigenvalue weighted by Gasteiger charge is -2.12. The summed E-state index contributed by atoms with van der Waals surface area (Å²) in [6.07, 6.45) is 0. The number of fused-ring (bicyclic) bond motifs is 1. The Bertz CT molecular complexity index is 1010. The van der Waals surface area contributed by atoms with Crippen molar-refractivity contribution in [3.63, 3.8) is 0 Å². The normalized spacial score (nSPS) is 10.5. The van der Waals surface area contributed by atoms with Gasteiger partial charge >= 0.3 is 11.9 Å². The zero-order chi connectivity index (χ0) is 19.4. The van der Waals surface area contributed by atoms with Gasteiger partial charge in [-0.15, -0.1) is 0 Å². The van der Waals surface area contributed by atoms with Crippen molar-refractivity contribution in [2.75, 3.05) is 19.0 Å². The van der Waals surface area contributed by atoms with Gasteiger partial charge in [0.05, 0.1) is 30.4 Å². The molecule has 3 aromatic rings. The maximum absolute atomic E-state index is 12.1. The summed E-state index contributed by atoms with van der Waals surface area (Å²) in [5.41, 5.74) is 4.01. The fraction of sp³-hybridized carbons (Fsp3) is 0.190. The molecule has 0 aliphatic carbocycles. The Morgan fingerprint density at radius 3 is 2.56 bits per heavy atom. The van der Waals surface area contributed by atoms with Crippen LogP contribution in [0.3, 0.4) is 0 Å². The number of hydrogen-bond donors (Lipinski definition) is 1. The predicted molar refractivity (Wildman–Crippen MR) is 104 cm³/mol. The van der Waals surface area contributed by atoms with Crippen molar-refractivity contribution in [2.24, 2.45) is 0 Å². The van der Waals surface area contributed by atoms with E-state index in [2.05, 4.69) is 10.3 Å². The summed E-state index contributed by atoms with van der Waals surface area (Å²) < 4.78 is 9.85. The highest BCUT2D eigenvalue weighted by Gasteiger charge is 2.12. The van der Waals surface area contributed by atoms with Crippen molar-refractivity contribution in [3.05, 3.63) is 65.4 Å². The van der Waals surface area contributed by atoms with Gasteiger partial charge in [-0.25, -0.2) is 9.59 Å². The van der Waals surface area contributed by atoms with Crippen LogP contribution in [0.2, 0.25) is 0 Å². The van der Waals surface area contributed by atoms with E-state index in [1.807, 2.05) is 19.1 Å². The number of carbonyl (C=O) groups excluding carboxylic acids is 2. The zero-order valence-electron chi connectivity index (χ0n) is 15.4. The molecule has 0 amide bonds. The topological polar surface area (TPSA) is 77.5 Å². The van der Waals surface area contributed by atoms with Crippen LogP contribution < -0.4 is 5.32 Å². The van der Waals surface area contributed by atoms with Crippen LogP contribution >= 0.6 is 0 Å². The van der Waals surface area contributed by atoms with Crippen LogP contribution in [0.15, 0.2) is 48.5 Å². The van der Waals surface area contributed by atoms with E-state index in [1.54, 1.807) is 43.3 Å². The lowest BCUT2D eigenvalue weighted by Crippen LogP contribution is -2.05. The van der Waals surface area contributed by atoms with Crippen molar-refractivity contribution in [3.8, 4) is 0 Å². The van der Waals surface area contributed by atoms with Gasteiger partial charge < -0.3 is 14.8 Å². The van der Waals surface area contributed by atoms with Gasteiger partial charge in [-0.05, 0) is 56.3 Å². The maximum Gasteiger partial charge on any atom is 0.338 e. The first-order chi connectivity index (χ1) is 13.0. The Labute approximate surface area is 157 Å². The zero-order valence-corrected chi connectivity index (χ0v) is 15.4. The highest BCUT2D eigenvalue weighted by atomic mass is 16.5. The van der Waals surface area contributed by atoms with Crippen molar-refractivity contribution in [2.45, 2.75) is 13.8 Å².